The predicted octanol–water partition coefficient (Wildman–Crippen LogP) is 4.57. The van der Waals surface area contributed by atoms with Gasteiger partial charge < -0.3 is 9.47 Å². The minimum Gasteiger partial charge on any atom is -0.457 e. The fourth-order valence-electron chi connectivity index (χ4n) is 1.66. The van der Waals surface area contributed by atoms with Gasteiger partial charge in [0.1, 0.15) is 5.75 Å². The summed E-state index contributed by atoms with van der Waals surface area (Å²) in [6, 6.07) is 15.7. The molecule has 0 aliphatic carbocycles. The van der Waals surface area contributed by atoms with Gasteiger partial charge in [-0.25, -0.2) is 4.79 Å². The van der Waals surface area contributed by atoms with Crippen molar-refractivity contribution < 1.29 is 14.3 Å². The summed E-state index contributed by atoms with van der Waals surface area (Å²) in [5, 5.41) is 0. The molecule has 0 N–H and O–H groups in total. The second kappa shape index (κ2) is 7.09. The number of halogens is 1. The highest BCUT2D eigenvalue weighted by atomic mass is 79.9. The molecule has 3 nitrogen and oxygen atoms in total. The molecule has 0 spiro atoms. The van der Waals surface area contributed by atoms with Crippen LogP contribution in [-0.4, -0.2) is 12.8 Å². The number of ether oxygens (including phenoxy) is 2. The SMILES string of the molecule is C=C(C)C(=O)OCOc1ccc(-c2ccc(Br)cc2)cc1. The summed E-state index contributed by atoms with van der Waals surface area (Å²) in [5.41, 5.74) is 2.57. The molecule has 0 atom stereocenters. The van der Waals surface area contributed by atoms with Gasteiger partial charge in [-0.1, -0.05) is 46.8 Å². The third kappa shape index (κ3) is 4.46. The molecule has 2 rings (SSSR count). The van der Waals surface area contributed by atoms with Gasteiger partial charge in [0.2, 0.25) is 6.79 Å². The molecule has 0 radical (unpaired) electrons. The molecule has 2 aromatic rings. The molecule has 0 heterocycles. The van der Waals surface area contributed by atoms with Crippen LogP contribution < -0.4 is 4.74 Å². The highest BCUT2D eigenvalue weighted by Crippen LogP contribution is 2.24. The maximum absolute atomic E-state index is 11.2. The summed E-state index contributed by atoms with van der Waals surface area (Å²) in [7, 11) is 0. The van der Waals surface area contributed by atoms with Gasteiger partial charge in [-0.3, -0.25) is 0 Å². The first-order valence-corrected chi connectivity index (χ1v) is 7.17. The van der Waals surface area contributed by atoms with E-state index in [1.54, 1.807) is 6.92 Å². The lowest BCUT2D eigenvalue weighted by molar-refractivity contribution is -0.145. The van der Waals surface area contributed by atoms with Crippen LogP contribution in [0.3, 0.4) is 0 Å². The van der Waals surface area contributed by atoms with E-state index in [1.165, 1.54) is 0 Å². The van der Waals surface area contributed by atoms with E-state index >= 15 is 0 Å². The van der Waals surface area contributed by atoms with E-state index in [4.69, 9.17) is 9.47 Å². The third-order valence-corrected chi connectivity index (χ3v) is 3.32. The van der Waals surface area contributed by atoms with Crippen LogP contribution in [0, 0.1) is 0 Å². The molecule has 0 amide bonds. The van der Waals surface area contributed by atoms with Crippen molar-refractivity contribution in [2.45, 2.75) is 6.92 Å². The molecule has 0 unspecified atom stereocenters. The number of hydrogen-bond acceptors (Lipinski definition) is 3. The summed E-state index contributed by atoms with van der Waals surface area (Å²) >= 11 is 3.41. The second-order valence-corrected chi connectivity index (χ2v) is 5.42. The number of carbonyl (C=O) groups is 1. The summed E-state index contributed by atoms with van der Waals surface area (Å²) in [6.07, 6.45) is 0. The van der Waals surface area contributed by atoms with Crippen molar-refractivity contribution in [3.8, 4) is 16.9 Å². The van der Waals surface area contributed by atoms with Gasteiger partial charge in [-0.05, 0) is 42.3 Å². The van der Waals surface area contributed by atoms with Gasteiger partial charge in [0.05, 0.1) is 0 Å². The average molecular weight is 347 g/mol. The van der Waals surface area contributed by atoms with Crippen LogP contribution in [0.4, 0.5) is 0 Å². The minimum atomic E-state index is -0.457. The molecule has 0 aliphatic heterocycles. The number of rotatable bonds is 5. The first-order chi connectivity index (χ1) is 10.1. The standard InChI is InChI=1S/C17H15BrO3/c1-12(2)17(19)21-11-20-16-9-5-14(6-10-16)13-3-7-15(18)8-4-13/h3-10H,1,11H2,2H3. The maximum atomic E-state index is 11.2. The van der Waals surface area contributed by atoms with Gasteiger partial charge in [0.25, 0.3) is 0 Å². The van der Waals surface area contributed by atoms with E-state index < -0.39 is 5.97 Å². The Morgan fingerprint density at radius 1 is 1.05 bits per heavy atom. The Kier molecular flexibility index (Phi) is 5.17. The van der Waals surface area contributed by atoms with Crippen LogP contribution in [0.1, 0.15) is 6.92 Å². The number of benzene rings is 2. The first kappa shape index (κ1) is 15.3. The van der Waals surface area contributed by atoms with Crippen LogP contribution in [0.25, 0.3) is 11.1 Å². The molecule has 2 aromatic carbocycles. The summed E-state index contributed by atoms with van der Waals surface area (Å²) in [4.78, 5) is 11.2. The van der Waals surface area contributed by atoms with Crippen molar-refractivity contribution >= 4 is 21.9 Å². The number of carbonyl (C=O) groups excluding carboxylic acids is 1. The molecule has 0 saturated carbocycles. The van der Waals surface area contributed by atoms with Gasteiger partial charge in [-0.2, -0.15) is 0 Å². The van der Waals surface area contributed by atoms with Crippen molar-refractivity contribution in [1.29, 1.82) is 0 Å². The second-order valence-electron chi connectivity index (χ2n) is 4.51. The first-order valence-electron chi connectivity index (χ1n) is 6.37. The van der Waals surface area contributed by atoms with E-state index in [0.717, 1.165) is 15.6 Å². The maximum Gasteiger partial charge on any atom is 0.335 e. The van der Waals surface area contributed by atoms with Crippen molar-refractivity contribution in [3.05, 3.63) is 65.2 Å². The zero-order chi connectivity index (χ0) is 15.2. The van der Waals surface area contributed by atoms with Gasteiger partial charge in [0.15, 0.2) is 0 Å². The van der Waals surface area contributed by atoms with E-state index in [-0.39, 0.29) is 6.79 Å². The van der Waals surface area contributed by atoms with Crippen LogP contribution in [-0.2, 0) is 9.53 Å². The van der Waals surface area contributed by atoms with E-state index in [9.17, 15) is 4.79 Å². The normalized spacial score (nSPS) is 10.0. The van der Waals surface area contributed by atoms with Crippen molar-refractivity contribution in [3.63, 3.8) is 0 Å². The van der Waals surface area contributed by atoms with Crippen molar-refractivity contribution in [1.82, 2.24) is 0 Å². The number of esters is 1. The lowest BCUT2D eigenvalue weighted by atomic mass is 10.1. The highest BCUT2D eigenvalue weighted by Gasteiger charge is 2.03. The largest absolute Gasteiger partial charge is 0.457 e. The summed E-state index contributed by atoms with van der Waals surface area (Å²) in [5.74, 6) is 0.187. The van der Waals surface area contributed by atoms with Crippen molar-refractivity contribution in [2.24, 2.45) is 0 Å². The van der Waals surface area contributed by atoms with Crippen LogP contribution in [0.5, 0.6) is 5.75 Å². The lowest BCUT2D eigenvalue weighted by Crippen LogP contribution is -2.10. The molecular weight excluding hydrogens is 332 g/mol. The predicted molar refractivity (Wildman–Crippen MR) is 86.0 cm³/mol. The van der Waals surface area contributed by atoms with Gasteiger partial charge in [0, 0.05) is 10.0 Å². The smallest absolute Gasteiger partial charge is 0.335 e. The molecule has 0 fully saturated rings. The quantitative estimate of drug-likeness (QED) is 0.451. The van der Waals surface area contributed by atoms with E-state index in [2.05, 4.69) is 22.5 Å². The zero-order valence-electron chi connectivity index (χ0n) is 11.6. The minimum absolute atomic E-state index is 0.122. The monoisotopic (exact) mass is 346 g/mol. The Morgan fingerprint density at radius 3 is 2.10 bits per heavy atom. The molecule has 0 aliphatic rings. The van der Waals surface area contributed by atoms with Crippen LogP contribution in [0.2, 0.25) is 0 Å². The lowest BCUT2D eigenvalue weighted by Gasteiger charge is -2.08. The average Bonchev–Trinajstić information content (AvgIpc) is 2.48. The Morgan fingerprint density at radius 2 is 1.57 bits per heavy atom. The Bertz CT molecular complexity index is 630. The Labute approximate surface area is 132 Å². The fourth-order valence-corrected chi connectivity index (χ4v) is 1.92. The molecule has 4 heteroatoms. The number of hydrogen-bond donors (Lipinski definition) is 0. The van der Waals surface area contributed by atoms with Crippen LogP contribution in [0.15, 0.2) is 65.2 Å². The Hall–Kier alpha value is -2.07. The van der Waals surface area contributed by atoms with E-state index in [0.29, 0.717) is 11.3 Å². The molecule has 0 aromatic heterocycles. The van der Waals surface area contributed by atoms with Gasteiger partial charge >= 0.3 is 5.97 Å². The van der Waals surface area contributed by atoms with Crippen molar-refractivity contribution in [2.75, 3.05) is 6.79 Å². The Balaban J connectivity index is 1.94. The summed E-state index contributed by atoms with van der Waals surface area (Å²) < 4.78 is 11.3. The fraction of sp³-hybridized carbons (Fsp3) is 0.118. The third-order valence-electron chi connectivity index (χ3n) is 2.80. The zero-order valence-corrected chi connectivity index (χ0v) is 13.2. The summed E-state index contributed by atoms with van der Waals surface area (Å²) in [6.45, 7) is 4.97. The molecule has 0 saturated heterocycles. The molecule has 0 bridgehead atoms. The molecule has 21 heavy (non-hydrogen) atoms. The molecule has 108 valence electrons. The molecular formula is C17H15BrO3. The van der Waals surface area contributed by atoms with Gasteiger partial charge in [-0.15, -0.1) is 0 Å². The topological polar surface area (TPSA) is 35.5 Å². The van der Waals surface area contributed by atoms with E-state index in [1.807, 2.05) is 48.5 Å². The highest BCUT2D eigenvalue weighted by molar-refractivity contribution is 9.10. The van der Waals surface area contributed by atoms with Crippen LogP contribution >= 0.6 is 15.9 Å².